The molecule has 0 saturated carbocycles. The average Bonchev–Trinajstić information content (AvgIpc) is 2.56. The fourth-order valence-corrected chi connectivity index (χ4v) is 1.02. The Morgan fingerprint density at radius 1 is 1.33 bits per heavy atom. The number of hydrogen-bond acceptors (Lipinski definition) is 2. The Labute approximate surface area is 70.6 Å². The molecule has 0 aliphatic heterocycles. The molecule has 1 radical (unpaired) electrons. The molecule has 0 fully saturated rings. The number of rotatable bonds is 1. The molecule has 1 aromatic carbocycles. The van der Waals surface area contributed by atoms with Gasteiger partial charge < -0.3 is 0 Å². The molecule has 1 aromatic heterocycles. The van der Waals surface area contributed by atoms with Crippen LogP contribution in [0.2, 0.25) is 0 Å². The third-order valence-electron chi connectivity index (χ3n) is 1.58. The zero-order valence-corrected chi connectivity index (χ0v) is 6.73. The third-order valence-corrected chi connectivity index (χ3v) is 1.58. The van der Waals surface area contributed by atoms with E-state index in [9.17, 15) is 0 Å². The molecule has 0 unspecified atom stereocenters. The Morgan fingerprint density at radius 3 is 2.75 bits per heavy atom. The van der Waals surface area contributed by atoms with Crippen molar-refractivity contribution in [1.29, 1.82) is 0 Å². The summed E-state index contributed by atoms with van der Waals surface area (Å²) >= 11 is 0. The van der Waals surface area contributed by atoms with Gasteiger partial charge in [-0.05, 0) is 18.6 Å². The van der Waals surface area contributed by atoms with Crippen molar-refractivity contribution in [3.8, 4) is 5.69 Å². The Bertz CT molecular complexity index is 365. The fraction of sp³-hybridized carbons (Fsp3) is 0.111. The second kappa shape index (κ2) is 2.77. The number of aromatic nitrogens is 3. The predicted molar refractivity (Wildman–Crippen MR) is 44.9 cm³/mol. The van der Waals surface area contributed by atoms with Gasteiger partial charge in [-0.1, -0.05) is 12.1 Å². The van der Waals surface area contributed by atoms with E-state index in [0.717, 1.165) is 5.69 Å². The van der Waals surface area contributed by atoms with Gasteiger partial charge in [0.1, 0.15) is 0 Å². The maximum absolute atomic E-state index is 4.00. The van der Waals surface area contributed by atoms with Crippen LogP contribution in [0.1, 0.15) is 5.56 Å². The van der Waals surface area contributed by atoms with Crippen molar-refractivity contribution in [3.05, 3.63) is 42.2 Å². The maximum Gasteiger partial charge on any atom is 0.0938 e. The summed E-state index contributed by atoms with van der Waals surface area (Å²) in [7, 11) is 0. The zero-order chi connectivity index (χ0) is 8.39. The van der Waals surface area contributed by atoms with Crippen LogP contribution < -0.4 is 0 Å². The highest BCUT2D eigenvalue weighted by Crippen LogP contribution is 2.05. The summed E-state index contributed by atoms with van der Waals surface area (Å²) in [5, 5.41) is 8.00. The molecule has 59 valence electrons. The topological polar surface area (TPSA) is 30.7 Å². The molecule has 0 saturated heterocycles. The van der Waals surface area contributed by atoms with Crippen molar-refractivity contribution in [3.63, 3.8) is 0 Å². The van der Waals surface area contributed by atoms with Crippen molar-refractivity contribution < 1.29 is 0 Å². The normalized spacial score (nSPS) is 10.1. The molecular weight excluding hydrogens is 150 g/mol. The highest BCUT2D eigenvalue weighted by atomic mass is 15.5. The van der Waals surface area contributed by atoms with Crippen LogP contribution in [0.5, 0.6) is 0 Å². The Kier molecular flexibility index (Phi) is 1.63. The lowest BCUT2D eigenvalue weighted by Gasteiger charge is -1.98. The van der Waals surface area contributed by atoms with Gasteiger partial charge in [0.05, 0.1) is 18.1 Å². The standard InChI is InChI=1S/C9H8N3/c1-8-3-2-4-9(7-8)12-10-5-6-11-12/h2-3,5-7H,1H3. The van der Waals surface area contributed by atoms with Crippen molar-refractivity contribution in [1.82, 2.24) is 15.0 Å². The fourth-order valence-electron chi connectivity index (χ4n) is 1.02. The van der Waals surface area contributed by atoms with Crippen LogP contribution >= 0.6 is 0 Å². The lowest BCUT2D eigenvalue weighted by atomic mass is 10.2. The molecule has 0 aliphatic carbocycles. The third kappa shape index (κ3) is 1.21. The van der Waals surface area contributed by atoms with Crippen LogP contribution in [0.15, 0.2) is 30.6 Å². The average molecular weight is 158 g/mol. The monoisotopic (exact) mass is 158 g/mol. The van der Waals surface area contributed by atoms with Crippen molar-refractivity contribution >= 4 is 0 Å². The first-order valence-corrected chi connectivity index (χ1v) is 3.71. The van der Waals surface area contributed by atoms with Crippen molar-refractivity contribution in [2.24, 2.45) is 0 Å². The highest BCUT2D eigenvalue weighted by molar-refractivity contribution is 5.31. The zero-order valence-electron chi connectivity index (χ0n) is 6.73. The summed E-state index contributed by atoms with van der Waals surface area (Å²) in [5.74, 6) is 0. The SMILES string of the molecule is Cc1cc[c]c(-n2nccn2)c1. The summed E-state index contributed by atoms with van der Waals surface area (Å²) in [6.45, 7) is 2.03. The molecule has 3 heteroatoms. The van der Waals surface area contributed by atoms with E-state index >= 15 is 0 Å². The van der Waals surface area contributed by atoms with Gasteiger partial charge in [0.2, 0.25) is 0 Å². The van der Waals surface area contributed by atoms with Crippen LogP contribution in [0.25, 0.3) is 5.69 Å². The van der Waals surface area contributed by atoms with Crippen LogP contribution in [-0.2, 0) is 0 Å². The van der Waals surface area contributed by atoms with Gasteiger partial charge in [-0.2, -0.15) is 15.0 Å². The van der Waals surface area contributed by atoms with E-state index in [1.165, 1.54) is 5.56 Å². The van der Waals surface area contributed by atoms with Crippen LogP contribution in [0, 0.1) is 13.0 Å². The molecule has 0 amide bonds. The lowest BCUT2D eigenvalue weighted by Crippen LogP contribution is -1.98. The lowest BCUT2D eigenvalue weighted by molar-refractivity contribution is 0.750. The molecule has 0 N–H and O–H groups in total. The number of nitrogens with zero attached hydrogens (tertiary/aromatic N) is 3. The number of benzene rings is 1. The molecule has 0 aliphatic rings. The molecule has 12 heavy (non-hydrogen) atoms. The van der Waals surface area contributed by atoms with E-state index in [-0.39, 0.29) is 0 Å². The minimum Gasteiger partial charge on any atom is -0.157 e. The van der Waals surface area contributed by atoms with Gasteiger partial charge in [0.25, 0.3) is 0 Å². The van der Waals surface area contributed by atoms with Gasteiger partial charge in [-0.15, -0.1) is 0 Å². The molecule has 1 heterocycles. The molecule has 0 atom stereocenters. The Hall–Kier alpha value is -1.64. The molecule has 2 aromatic rings. The van der Waals surface area contributed by atoms with Crippen LogP contribution in [0.3, 0.4) is 0 Å². The summed E-state index contributed by atoms with van der Waals surface area (Å²) in [4.78, 5) is 1.55. The quantitative estimate of drug-likeness (QED) is 0.627. The van der Waals surface area contributed by atoms with Gasteiger partial charge in [0.15, 0.2) is 0 Å². The highest BCUT2D eigenvalue weighted by Gasteiger charge is 1.95. The van der Waals surface area contributed by atoms with Gasteiger partial charge in [-0.3, -0.25) is 0 Å². The number of hydrogen-bond donors (Lipinski definition) is 0. The van der Waals surface area contributed by atoms with Crippen molar-refractivity contribution in [2.75, 3.05) is 0 Å². The van der Waals surface area contributed by atoms with Gasteiger partial charge in [0, 0.05) is 6.07 Å². The Morgan fingerprint density at radius 2 is 2.08 bits per heavy atom. The van der Waals surface area contributed by atoms with Gasteiger partial charge >= 0.3 is 0 Å². The summed E-state index contributed by atoms with van der Waals surface area (Å²) in [5.41, 5.74) is 2.06. The molecule has 2 rings (SSSR count). The smallest absolute Gasteiger partial charge is 0.0938 e. The maximum atomic E-state index is 4.00. The van der Waals surface area contributed by atoms with E-state index < -0.39 is 0 Å². The Balaban J connectivity index is 2.48. The first-order valence-electron chi connectivity index (χ1n) is 3.71. The summed E-state index contributed by atoms with van der Waals surface area (Å²) < 4.78 is 0. The minimum absolute atomic E-state index is 0.875. The number of aryl methyl sites for hydroxylation is 1. The van der Waals surface area contributed by atoms with Crippen LogP contribution in [-0.4, -0.2) is 15.0 Å². The second-order valence-electron chi connectivity index (χ2n) is 2.57. The first kappa shape index (κ1) is 7.03. The van der Waals surface area contributed by atoms with E-state index in [1.54, 1.807) is 17.2 Å². The molecule has 0 spiro atoms. The molecular formula is C9H8N3. The predicted octanol–water partition coefficient (Wildman–Crippen LogP) is 1.38. The van der Waals surface area contributed by atoms with Crippen molar-refractivity contribution in [2.45, 2.75) is 6.92 Å². The van der Waals surface area contributed by atoms with E-state index in [4.69, 9.17) is 0 Å². The first-order chi connectivity index (χ1) is 5.86. The minimum atomic E-state index is 0.875. The second-order valence-corrected chi connectivity index (χ2v) is 2.57. The summed E-state index contributed by atoms with van der Waals surface area (Å²) in [6.07, 6.45) is 3.30. The van der Waals surface area contributed by atoms with E-state index in [0.29, 0.717) is 0 Å². The molecule has 0 bridgehead atoms. The van der Waals surface area contributed by atoms with E-state index in [1.807, 2.05) is 25.1 Å². The summed E-state index contributed by atoms with van der Waals surface area (Å²) in [6, 6.07) is 8.90. The molecule has 3 nitrogen and oxygen atoms in total. The van der Waals surface area contributed by atoms with Crippen LogP contribution in [0.4, 0.5) is 0 Å². The van der Waals surface area contributed by atoms with E-state index in [2.05, 4.69) is 16.3 Å². The van der Waals surface area contributed by atoms with Gasteiger partial charge in [-0.25, -0.2) is 0 Å². The largest absolute Gasteiger partial charge is 0.157 e.